The highest BCUT2D eigenvalue weighted by Gasteiger charge is 2.41. The highest BCUT2D eigenvalue weighted by atomic mass is 19.4. The summed E-state index contributed by atoms with van der Waals surface area (Å²) in [4.78, 5) is 36.3. The molecule has 1 atom stereocenters. The SMILES string of the molecule is COC(=O)C1=C(C)N(c2cccc(C(F)(F)F)c2)c2n[nH]c(=O)n2C1c1ccc(C#N)cc1C[N+](C)(C)CC1COC1.O=C[O-]. The minimum Gasteiger partial charge on any atom is -0.554 e. The predicted octanol–water partition coefficient (Wildman–Crippen LogP) is 2.24. The number of nitrogens with one attached hydrogen (secondary N) is 1. The zero-order valence-electron chi connectivity index (χ0n) is 24.9. The first kappa shape index (κ1) is 33.0. The number of carbonyl (C=O) groups is 2. The van der Waals surface area contributed by atoms with Crippen molar-refractivity contribution in [2.24, 2.45) is 5.92 Å². The molecule has 1 fully saturated rings. The fourth-order valence-corrected chi connectivity index (χ4v) is 5.77. The maximum atomic E-state index is 13.6. The molecule has 45 heavy (non-hydrogen) atoms. The molecule has 1 unspecified atom stereocenters. The van der Waals surface area contributed by atoms with E-state index in [2.05, 4.69) is 30.4 Å². The maximum absolute atomic E-state index is 13.6. The first-order chi connectivity index (χ1) is 21.3. The molecule has 2 aromatic carbocycles. The lowest BCUT2D eigenvalue weighted by atomic mass is 9.89. The molecular formula is C30H31F3N6O6. The number of H-pyrrole nitrogens is 1. The van der Waals surface area contributed by atoms with Crippen molar-refractivity contribution in [1.29, 1.82) is 5.26 Å². The van der Waals surface area contributed by atoms with E-state index in [4.69, 9.17) is 19.4 Å². The lowest BCUT2D eigenvalue weighted by Crippen LogP contribution is -2.48. The van der Waals surface area contributed by atoms with Crippen molar-refractivity contribution in [3.63, 3.8) is 0 Å². The Bertz CT molecular complexity index is 1720. The van der Waals surface area contributed by atoms with Crippen LogP contribution in [0.3, 0.4) is 0 Å². The van der Waals surface area contributed by atoms with Crippen molar-refractivity contribution in [2.45, 2.75) is 25.7 Å². The number of benzene rings is 2. The van der Waals surface area contributed by atoms with E-state index < -0.39 is 35.9 Å². The highest BCUT2D eigenvalue weighted by molar-refractivity contribution is 5.93. The number of fused-ring (bicyclic) bond motifs is 1. The second-order valence-corrected chi connectivity index (χ2v) is 11.3. The molecule has 0 saturated carbocycles. The van der Waals surface area contributed by atoms with Crippen LogP contribution in [0.25, 0.3) is 0 Å². The number of rotatable bonds is 7. The van der Waals surface area contributed by atoms with Crippen molar-refractivity contribution in [3.05, 3.63) is 86.5 Å². The molecule has 0 radical (unpaired) electrons. The number of aromatic amines is 1. The number of methoxy groups -OCH3 is 1. The van der Waals surface area contributed by atoms with Gasteiger partial charge in [0.2, 0.25) is 5.95 Å². The molecule has 15 heteroatoms. The fourth-order valence-electron chi connectivity index (χ4n) is 5.77. The van der Waals surface area contributed by atoms with Crippen molar-refractivity contribution < 1.29 is 41.8 Å². The van der Waals surface area contributed by atoms with Crippen LogP contribution in [0.5, 0.6) is 0 Å². The molecule has 2 aliphatic heterocycles. The zero-order chi connectivity index (χ0) is 33.1. The van der Waals surface area contributed by atoms with Crippen LogP contribution in [0, 0.1) is 17.2 Å². The van der Waals surface area contributed by atoms with E-state index in [1.807, 2.05) is 0 Å². The van der Waals surface area contributed by atoms with Gasteiger partial charge in [0.15, 0.2) is 0 Å². The molecule has 1 N–H and O–H groups in total. The van der Waals surface area contributed by atoms with Crippen LogP contribution in [0.2, 0.25) is 0 Å². The predicted molar refractivity (Wildman–Crippen MR) is 151 cm³/mol. The summed E-state index contributed by atoms with van der Waals surface area (Å²) in [5.41, 5.74) is 0.484. The summed E-state index contributed by atoms with van der Waals surface area (Å²) in [6.07, 6.45) is -4.61. The van der Waals surface area contributed by atoms with Gasteiger partial charge >= 0.3 is 17.8 Å². The summed E-state index contributed by atoms with van der Waals surface area (Å²) in [5, 5.41) is 24.5. The Hall–Kier alpha value is -4.94. The van der Waals surface area contributed by atoms with E-state index in [1.165, 1.54) is 28.7 Å². The number of halogens is 3. The number of quaternary nitrogens is 1. The van der Waals surface area contributed by atoms with Crippen LogP contribution >= 0.6 is 0 Å². The average molecular weight is 629 g/mol. The summed E-state index contributed by atoms with van der Waals surface area (Å²) >= 11 is 0. The van der Waals surface area contributed by atoms with Crippen molar-refractivity contribution in [3.8, 4) is 6.07 Å². The molecule has 2 aliphatic rings. The zero-order valence-corrected chi connectivity index (χ0v) is 24.9. The Labute approximate surface area is 256 Å². The number of anilines is 2. The van der Waals surface area contributed by atoms with Crippen LogP contribution in [0.15, 0.2) is 58.5 Å². The van der Waals surface area contributed by atoms with Crippen LogP contribution in [-0.2, 0) is 31.8 Å². The number of carboxylic acid groups (broad SMARTS) is 1. The van der Waals surface area contributed by atoms with E-state index in [9.17, 15) is 28.0 Å². The molecule has 0 amide bonds. The number of hydrogen-bond donors (Lipinski definition) is 1. The number of nitriles is 1. The molecule has 1 aromatic heterocycles. The Morgan fingerprint density at radius 1 is 1.27 bits per heavy atom. The molecule has 0 spiro atoms. The van der Waals surface area contributed by atoms with E-state index in [0.29, 0.717) is 41.3 Å². The number of aromatic nitrogens is 3. The Morgan fingerprint density at radius 2 is 1.96 bits per heavy atom. The number of nitrogens with zero attached hydrogens (tertiary/aromatic N) is 5. The Balaban J connectivity index is 0.00000148. The number of hydrogen-bond acceptors (Lipinski definition) is 9. The van der Waals surface area contributed by atoms with Gasteiger partial charge in [-0.3, -0.25) is 4.90 Å². The van der Waals surface area contributed by atoms with Gasteiger partial charge in [-0.1, -0.05) is 12.1 Å². The number of esters is 1. The van der Waals surface area contributed by atoms with Crippen LogP contribution in [-0.4, -0.2) is 72.7 Å². The van der Waals surface area contributed by atoms with Gasteiger partial charge < -0.3 is 23.9 Å². The van der Waals surface area contributed by atoms with Gasteiger partial charge in [-0.25, -0.2) is 19.3 Å². The van der Waals surface area contributed by atoms with Gasteiger partial charge in [-0.05, 0) is 42.8 Å². The van der Waals surface area contributed by atoms with Crippen molar-refractivity contribution in [2.75, 3.05) is 45.9 Å². The van der Waals surface area contributed by atoms with E-state index in [-0.39, 0.29) is 22.9 Å². The molecule has 3 heterocycles. The molecule has 5 rings (SSSR count). The van der Waals surface area contributed by atoms with Crippen LogP contribution in [0.1, 0.15) is 35.2 Å². The van der Waals surface area contributed by atoms with E-state index >= 15 is 0 Å². The normalized spacial score (nSPS) is 16.6. The maximum Gasteiger partial charge on any atom is 0.416 e. The molecular weight excluding hydrogens is 597 g/mol. The van der Waals surface area contributed by atoms with E-state index in [1.54, 1.807) is 25.1 Å². The molecule has 3 aromatic rings. The highest BCUT2D eigenvalue weighted by Crippen LogP contribution is 2.44. The first-order valence-electron chi connectivity index (χ1n) is 13.7. The summed E-state index contributed by atoms with van der Waals surface area (Å²) in [5.74, 6) is -0.372. The lowest BCUT2D eigenvalue weighted by Gasteiger charge is -2.39. The monoisotopic (exact) mass is 628 g/mol. The smallest absolute Gasteiger partial charge is 0.416 e. The van der Waals surface area contributed by atoms with Crippen LogP contribution in [0.4, 0.5) is 24.8 Å². The molecule has 238 valence electrons. The van der Waals surface area contributed by atoms with Crippen LogP contribution < -0.4 is 15.7 Å². The van der Waals surface area contributed by atoms with Gasteiger partial charge in [0.05, 0.1) is 69.7 Å². The standard InChI is InChI=1S/C29H29F3N6O4.CH2O2/c1-17-24(26(39)41-4)25(23-9-8-18(12-33)10-20(23)14-38(2,3)13-19-15-42-16-19)37-27(34-35-28(37)40)36(17)22-7-5-6-21(11-22)29(30,31)32;2-1-3/h5-11,19,25H,13-16H2,1-4H3;1H,(H,2,3). The molecule has 0 bridgehead atoms. The minimum atomic E-state index is -4.61. The lowest BCUT2D eigenvalue weighted by molar-refractivity contribution is -0.908. The van der Waals surface area contributed by atoms with Gasteiger partial charge in [0, 0.05) is 23.4 Å². The summed E-state index contributed by atoms with van der Waals surface area (Å²) in [6.45, 7) is 3.68. The van der Waals surface area contributed by atoms with Gasteiger partial charge in [-0.15, -0.1) is 5.10 Å². The number of ether oxygens (including phenoxy) is 2. The third-order valence-electron chi connectivity index (χ3n) is 7.60. The number of alkyl halides is 3. The summed E-state index contributed by atoms with van der Waals surface area (Å²) in [7, 11) is 5.30. The second-order valence-electron chi connectivity index (χ2n) is 11.3. The van der Waals surface area contributed by atoms with Gasteiger partial charge in [-0.2, -0.15) is 18.4 Å². The first-order valence-corrected chi connectivity index (χ1v) is 13.7. The second kappa shape index (κ2) is 13.0. The van der Waals surface area contributed by atoms with Crippen molar-refractivity contribution >= 4 is 24.1 Å². The minimum absolute atomic E-state index is 0.00477. The van der Waals surface area contributed by atoms with Gasteiger partial charge in [0.25, 0.3) is 0 Å². The van der Waals surface area contributed by atoms with E-state index in [0.717, 1.165) is 24.2 Å². The topological polar surface area (TPSA) is 153 Å². The summed E-state index contributed by atoms with van der Waals surface area (Å²) < 4.78 is 53.1. The molecule has 1 saturated heterocycles. The molecule has 12 nitrogen and oxygen atoms in total. The molecule has 0 aliphatic carbocycles. The largest absolute Gasteiger partial charge is 0.554 e. The van der Waals surface area contributed by atoms with Crippen molar-refractivity contribution in [1.82, 2.24) is 14.8 Å². The summed E-state index contributed by atoms with van der Waals surface area (Å²) in [6, 6.07) is 10.7. The Morgan fingerprint density at radius 3 is 2.53 bits per heavy atom. The van der Waals surface area contributed by atoms with Gasteiger partial charge in [0.1, 0.15) is 12.6 Å². The third kappa shape index (κ3) is 6.76. The Kier molecular flexibility index (Phi) is 9.50. The third-order valence-corrected chi connectivity index (χ3v) is 7.60. The fraction of sp³-hybridized carbons (Fsp3) is 0.367. The quantitative estimate of drug-likeness (QED) is 0.236. The number of carbonyl (C=O) groups excluding carboxylic acids is 2. The average Bonchev–Trinajstić information content (AvgIpc) is 3.34. The number of allylic oxidation sites excluding steroid dienone is 1.